The monoisotopic (exact) mass is 299 g/mol. The molecule has 0 bridgehead atoms. The highest BCUT2D eigenvalue weighted by molar-refractivity contribution is 6.36. The molecule has 102 valence electrons. The van der Waals surface area contributed by atoms with Crippen molar-refractivity contribution >= 4 is 23.2 Å². The molecule has 2 rings (SSSR count). The fourth-order valence-corrected chi connectivity index (χ4v) is 2.51. The summed E-state index contributed by atoms with van der Waals surface area (Å²) in [4.78, 5) is 0. The summed E-state index contributed by atoms with van der Waals surface area (Å²) in [6.45, 7) is 2.30. The number of hydrogen-bond acceptors (Lipinski definition) is 3. The van der Waals surface area contributed by atoms with E-state index < -0.39 is 6.10 Å². The lowest BCUT2D eigenvalue weighted by atomic mass is 10.1. The second kappa shape index (κ2) is 6.44. The highest BCUT2D eigenvalue weighted by Crippen LogP contribution is 2.30. The van der Waals surface area contributed by atoms with Crippen molar-refractivity contribution in [1.82, 2.24) is 5.32 Å². The van der Waals surface area contributed by atoms with E-state index in [9.17, 15) is 5.11 Å². The van der Waals surface area contributed by atoms with Crippen LogP contribution in [0.4, 0.5) is 0 Å². The van der Waals surface area contributed by atoms with Crippen LogP contribution in [0.25, 0.3) is 0 Å². The molecule has 0 spiro atoms. The van der Waals surface area contributed by atoms with Gasteiger partial charge in [0.25, 0.3) is 0 Å². The number of hydrogen-bond donors (Lipinski definition) is 2. The molecular formula is C14H15Cl2NO2. The minimum absolute atomic E-state index is 0.00548. The number of benzene rings is 1. The molecule has 2 atom stereocenters. The zero-order chi connectivity index (χ0) is 13.8. The van der Waals surface area contributed by atoms with Crippen LogP contribution in [0.5, 0.6) is 0 Å². The van der Waals surface area contributed by atoms with Gasteiger partial charge < -0.3 is 14.8 Å². The van der Waals surface area contributed by atoms with Crippen molar-refractivity contribution in [1.29, 1.82) is 0 Å². The van der Waals surface area contributed by atoms with Gasteiger partial charge in [0.2, 0.25) is 0 Å². The third-order valence-electron chi connectivity index (χ3n) is 2.92. The molecule has 1 aromatic carbocycles. The van der Waals surface area contributed by atoms with Gasteiger partial charge in [0.1, 0.15) is 5.76 Å². The number of furan rings is 1. The number of rotatable bonds is 5. The second-order valence-corrected chi connectivity index (χ2v) is 5.11. The Bertz CT molecular complexity index is 508. The number of aliphatic hydroxyl groups is 1. The van der Waals surface area contributed by atoms with E-state index in [1.165, 1.54) is 0 Å². The zero-order valence-corrected chi connectivity index (χ0v) is 11.9. The molecule has 2 N–H and O–H groups in total. The molecule has 0 radical (unpaired) electrons. The van der Waals surface area contributed by atoms with Gasteiger partial charge in [-0.15, -0.1) is 0 Å². The Morgan fingerprint density at radius 2 is 1.89 bits per heavy atom. The van der Waals surface area contributed by atoms with Crippen molar-refractivity contribution < 1.29 is 9.52 Å². The Morgan fingerprint density at radius 3 is 2.47 bits per heavy atom. The molecule has 0 saturated carbocycles. The SMILES string of the molecule is CC(NCC(O)c1c(Cl)cccc1Cl)c1ccco1. The summed E-state index contributed by atoms with van der Waals surface area (Å²) in [6, 6.07) is 8.89. The van der Waals surface area contributed by atoms with Crippen LogP contribution in [0, 0.1) is 0 Å². The summed E-state index contributed by atoms with van der Waals surface area (Å²) in [5, 5.41) is 14.3. The lowest BCUT2D eigenvalue weighted by molar-refractivity contribution is 0.169. The Hall–Kier alpha value is -1.00. The average molecular weight is 300 g/mol. The van der Waals surface area contributed by atoms with Crippen LogP contribution in [-0.4, -0.2) is 11.7 Å². The van der Waals surface area contributed by atoms with E-state index in [0.29, 0.717) is 22.2 Å². The lowest BCUT2D eigenvalue weighted by Gasteiger charge is -2.17. The Labute approximate surface area is 122 Å². The van der Waals surface area contributed by atoms with Crippen molar-refractivity contribution in [3.63, 3.8) is 0 Å². The summed E-state index contributed by atoms with van der Waals surface area (Å²) in [7, 11) is 0. The maximum Gasteiger partial charge on any atom is 0.120 e. The summed E-state index contributed by atoms with van der Waals surface area (Å²) >= 11 is 12.1. The molecule has 0 aliphatic heterocycles. The van der Waals surface area contributed by atoms with Gasteiger partial charge in [0, 0.05) is 22.2 Å². The topological polar surface area (TPSA) is 45.4 Å². The molecule has 1 heterocycles. The molecule has 0 saturated heterocycles. The number of nitrogens with one attached hydrogen (secondary N) is 1. The Kier molecular flexibility index (Phi) is 4.88. The molecule has 19 heavy (non-hydrogen) atoms. The van der Waals surface area contributed by atoms with E-state index in [4.69, 9.17) is 27.6 Å². The van der Waals surface area contributed by atoms with E-state index in [0.717, 1.165) is 5.76 Å². The van der Waals surface area contributed by atoms with Crippen LogP contribution in [-0.2, 0) is 0 Å². The third-order valence-corrected chi connectivity index (χ3v) is 3.58. The predicted molar refractivity (Wildman–Crippen MR) is 76.5 cm³/mol. The smallest absolute Gasteiger partial charge is 0.120 e. The summed E-state index contributed by atoms with van der Waals surface area (Å²) < 4.78 is 5.28. The van der Waals surface area contributed by atoms with Gasteiger partial charge >= 0.3 is 0 Å². The van der Waals surface area contributed by atoms with Crippen molar-refractivity contribution in [3.8, 4) is 0 Å². The van der Waals surface area contributed by atoms with Crippen LogP contribution in [0.2, 0.25) is 10.0 Å². The molecule has 0 aliphatic rings. The number of halogens is 2. The molecule has 2 unspecified atom stereocenters. The van der Waals surface area contributed by atoms with E-state index in [2.05, 4.69) is 5.32 Å². The van der Waals surface area contributed by atoms with Crippen LogP contribution in [0.15, 0.2) is 41.0 Å². The zero-order valence-electron chi connectivity index (χ0n) is 10.4. The molecule has 3 nitrogen and oxygen atoms in total. The maximum atomic E-state index is 10.2. The van der Waals surface area contributed by atoms with Gasteiger partial charge in [-0.1, -0.05) is 29.3 Å². The van der Waals surface area contributed by atoms with Gasteiger partial charge in [0.05, 0.1) is 18.4 Å². The van der Waals surface area contributed by atoms with E-state index in [-0.39, 0.29) is 6.04 Å². The van der Waals surface area contributed by atoms with Gasteiger partial charge in [-0.05, 0) is 31.2 Å². The first-order chi connectivity index (χ1) is 9.09. The average Bonchev–Trinajstić information content (AvgIpc) is 2.89. The predicted octanol–water partition coefficient (Wildman–Crippen LogP) is 3.97. The van der Waals surface area contributed by atoms with Crippen molar-refractivity contribution in [2.45, 2.75) is 19.1 Å². The van der Waals surface area contributed by atoms with E-state index in [1.807, 2.05) is 19.1 Å². The highest BCUT2D eigenvalue weighted by atomic mass is 35.5. The molecule has 0 aliphatic carbocycles. The van der Waals surface area contributed by atoms with Crippen molar-refractivity contribution in [2.24, 2.45) is 0 Å². The standard InChI is InChI=1S/C14H15Cl2NO2/c1-9(13-6-3-7-19-13)17-8-12(18)14-10(15)4-2-5-11(14)16/h2-7,9,12,17-18H,8H2,1H3. The Balaban J connectivity index is 2.00. The summed E-state index contributed by atoms with van der Waals surface area (Å²) in [5.41, 5.74) is 0.546. The van der Waals surface area contributed by atoms with Crippen molar-refractivity contribution in [2.75, 3.05) is 6.54 Å². The molecule has 0 fully saturated rings. The lowest BCUT2D eigenvalue weighted by Crippen LogP contribution is -2.24. The van der Waals surface area contributed by atoms with Gasteiger partial charge in [-0.25, -0.2) is 0 Å². The number of aliphatic hydroxyl groups excluding tert-OH is 1. The van der Waals surface area contributed by atoms with E-state index >= 15 is 0 Å². The van der Waals surface area contributed by atoms with E-state index in [1.54, 1.807) is 24.5 Å². The minimum atomic E-state index is -0.765. The van der Waals surface area contributed by atoms with Gasteiger partial charge in [-0.2, -0.15) is 0 Å². The fraction of sp³-hybridized carbons (Fsp3) is 0.286. The normalized spacial score (nSPS) is 14.3. The first-order valence-corrected chi connectivity index (χ1v) is 6.74. The van der Waals surface area contributed by atoms with Crippen LogP contribution in [0.3, 0.4) is 0 Å². The first-order valence-electron chi connectivity index (χ1n) is 5.98. The Morgan fingerprint density at radius 1 is 1.21 bits per heavy atom. The van der Waals surface area contributed by atoms with Crippen molar-refractivity contribution in [3.05, 3.63) is 58.0 Å². The minimum Gasteiger partial charge on any atom is -0.468 e. The largest absolute Gasteiger partial charge is 0.468 e. The highest BCUT2D eigenvalue weighted by Gasteiger charge is 2.17. The molecule has 2 aromatic rings. The van der Waals surface area contributed by atoms with Crippen LogP contribution in [0.1, 0.15) is 30.4 Å². The van der Waals surface area contributed by atoms with Gasteiger partial charge in [-0.3, -0.25) is 0 Å². The fourth-order valence-electron chi connectivity index (χ4n) is 1.86. The second-order valence-electron chi connectivity index (χ2n) is 4.30. The molecular weight excluding hydrogens is 285 g/mol. The van der Waals surface area contributed by atoms with Gasteiger partial charge in [0.15, 0.2) is 0 Å². The molecule has 5 heteroatoms. The maximum absolute atomic E-state index is 10.2. The quantitative estimate of drug-likeness (QED) is 0.878. The summed E-state index contributed by atoms with van der Waals surface area (Å²) in [6.07, 6.45) is 0.855. The summed E-state index contributed by atoms with van der Waals surface area (Å²) in [5.74, 6) is 0.817. The molecule has 1 aromatic heterocycles. The van der Waals surface area contributed by atoms with Crippen LogP contribution < -0.4 is 5.32 Å². The first kappa shape index (κ1) is 14.4. The van der Waals surface area contributed by atoms with Crippen LogP contribution >= 0.6 is 23.2 Å². The third kappa shape index (κ3) is 3.51. The molecule has 0 amide bonds.